The van der Waals surface area contributed by atoms with Gasteiger partial charge in [-0.25, -0.2) is 4.98 Å². The molecule has 2 fully saturated rings. The summed E-state index contributed by atoms with van der Waals surface area (Å²) >= 11 is 0. The summed E-state index contributed by atoms with van der Waals surface area (Å²) in [5, 5.41) is 3.61. The second kappa shape index (κ2) is 5.65. The summed E-state index contributed by atoms with van der Waals surface area (Å²) in [4.78, 5) is 6.53. The number of nitrogens with one attached hydrogen (secondary N) is 1. The van der Waals surface area contributed by atoms with E-state index in [-0.39, 0.29) is 0 Å². The van der Waals surface area contributed by atoms with Crippen LogP contribution in [0.25, 0.3) is 11.0 Å². The van der Waals surface area contributed by atoms with Gasteiger partial charge in [0.1, 0.15) is 6.54 Å². The lowest BCUT2D eigenvalue weighted by molar-refractivity contribution is -0.139. The molecule has 1 aromatic heterocycles. The first-order valence-electron chi connectivity index (χ1n) is 8.36. The maximum absolute atomic E-state index is 12.6. The number of alkyl halides is 3. The van der Waals surface area contributed by atoms with Crippen LogP contribution in [-0.2, 0) is 6.54 Å². The molecule has 1 saturated heterocycles. The molecule has 2 aromatic rings. The van der Waals surface area contributed by atoms with Gasteiger partial charge in [-0.3, -0.25) is 0 Å². The molecule has 2 bridgehead atoms. The van der Waals surface area contributed by atoms with E-state index < -0.39 is 12.7 Å². The quantitative estimate of drug-likeness (QED) is 0.932. The van der Waals surface area contributed by atoms with Gasteiger partial charge in [-0.1, -0.05) is 0 Å². The van der Waals surface area contributed by atoms with Crippen molar-refractivity contribution < 1.29 is 13.2 Å². The van der Waals surface area contributed by atoms with Gasteiger partial charge in [0.2, 0.25) is 0 Å². The second-order valence-corrected chi connectivity index (χ2v) is 7.18. The zero-order chi connectivity index (χ0) is 16.9. The predicted molar refractivity (Wildman–Crippen MR) is 86.9 cm³/mol. The molecule has 130 valence electrons. The highest BCUT2D eigenvalue weighted by Crippen LogP contribution is 2.38. The molecule has 0 radical (unpaired) electrons. The van der Waals surface area contributed by atoms with E-state index in [0.29, 0.717) is 28.9 Å². The van der Waals surface area contributed by atoms with Gasteiger partial charge >= 0.3 is 6.18 Å². The van der Waals surface area contributed by atoms with Crippen molar-refractivity contribution in [2.24, 2.45) is 11.8 Å². The number of hydrogen-bond donors (Lipinski definition) is 1. The van der Waals surface area contributed by atoms with Gasteiger partial charge in [0.05, 0.1) is 17.4 Å². The molecule has 0 amide bonds. The highest BCUT2D eigenvalue weighted by atomic mass is 19.4. The number of nitrogens with zero attached hydrogens (tertiary/aromatic N) is 3. The van der Waals surface area contributed by atoms with Gasteiger partial charge in [0, 0.05) is 24.8 Å². The number of halogens is 3. The zero-order valence-electron chi connectivity index (χ0n) is 13.6. The number of likely N-dealkylation sites (tertiary alicyclic amines) is 1. The van der Waals surface area contributed by atoms with Crippen LogP contribution in [0.2, 0.25) is 0 Å². The van der Waals surface area contributed by atoms with E-state index in [0.717, 1.165) is 23.3 Å². The molecular formula is C17H21F3N4. The summed E-state index contributed by atoms with van der Waals surface area (Å²) in [6, 6.07) is 5.91. The number of hydrogen-bond acceptors (Lipinski definition) is 3. The predicted octanol–water partition coefficient (Wildman–Crippen LogP) is 3.35. The fourth-order valence-corrected chi connectivity index (χ4v) is 4.36. The van der Waals surface area contributed by atoms with E-state index in [4.69, 9.17) is 0 Å². The highest BCUT2D eigenvalue weighted by molar-refractivity contribution is 5.79. The molecule has 1 aromatic carbocycles. The molecule has 4 nitrogen and oxygen atoms in total. The standard InChI is InChI=1S/C17H21F3N4/c1-23-7-11-2-3-12(8-23)16(11)22-13-4-5-15-14(6-13)21-10-24(15)9-17(18,19)20/h4-6,10-12,16,22H,2-3,7-9H2,1H3. The highest BCUT2D eigenvalue weighted by Gasteiger charge is 2.40. The summed E-state index contributed by atoms with van der Waals surface area (Å²) in [5.74, 6) is 1.29. The van der Waals surface area contributed by atoms with E-state index in [1.54, 1.807) is 6.07 Å². The minimum atomic E-state index is -4.24. The fraction of sp³-hybridized carbons (Fsp3) is 0.588. The third kappa shape index (κ3) is 2.97. The van der Waals surface area contributed by atoms with E-state index in [2.05, 4.69) is 22.2 Å². The summed E-state index contributed by atoms with van der Waals surface area (Å²) in [6.07, 6.45) is -0.483. The number of anilines is 1. The number of piperidine rings is 1. The van der Waals surface area contributed by atoms with Crippen molar-refractivity contribution in [1.29, 1.82) is 0 Å². The molecule has 1 aliphatic carbocycles. The Morgan fingerprint density at radius 3 is 2.58 bits per heavy atom. The topological polar surface area (TPSA) is 33.1 Å². The van der Waals surface area contributed by atoms with Crippen LogP contribution in [0.5, 0.6) is 0 Å². The number of rotatable bonds is 3. The van der Waals surface area contributed by atoms with E-state index >= 15 is 0 Å². The first-order chi connectivity index (χ1) is 11.4. The van der Waals surface area contributed by atoms with Gasteiger partial charge in [0.15, 0.2) is 0 Å². The summed E-state index contributed by atoms with van der Waals surface area (Å²) in [6.45, 7) is 1.21. The molecule has 4 rings (SSSR count). The van der Waals surface area contributed by atoms with Crippen LogP contribution in [0.1, 0.15) is 12.8 Å². The van der Waals surface area contributed by atoms with Crippen LogP contribution < -0.4 is 5.32 Å². The van der Waals surface area contributed by atoms with Gasteiger partial charge < -0.3 is 14.8 Å². The van der Waals surface area contributed by atoms with E-state index in [1.165, 1.54) is 19.2 Å². The number of benzene rings is 1. The van der Waals surface area contributed by atoms with Crippen molar-refractivity contribution in [1.82, 2.24) is 14.5 Å². The van der Waals surface area contributed by atoms with E-state index in [9.17, 15) is 13.2 Å². The van der Waals surface area contributed by atoms with Crippen LogP contribution in [0.3, 0.4) is 0 Å². The normalized spacial score (nSPS) is 27.8. The van der Waals surface area contributed by atoms with Gasteiger partial charge in [-0.15, -0.1) is 0 Å². The SMILES string of the molecule is CN1CC2CCC(C1)C2Nc1ccc2c(c1)ncn2CC(F)(F)F. The lowest BCUT2D eigenvalue weighted by Gasteiger charge is -2.37. The molecule has 2 heterocycles. The van der Waals surface area contributed by atoms with Crippen LogP contribution in [-0.4, -0.2) is 46.8 Å². The molecule has 2 unspecified atom stereocenters. The Labute approximate surface area is 138 Å². The summed E-state index contributed by atoms with van der Waals surface area (Å²) in [5.41, 5.74) is 2.07. The summed E-state index contributed by atoms with van der Waals surface area (Å²) < 4.78 is 38.9. The smallest absolute Gasteiger partial charge is 0.382 e. The molecule has 1 aliphatic heterocycles. The maximum atomic E-state index is 12.6. The molecule has 0 spiro atoms. The third-order valence-electron chi connectivity index (χ3n) is 5.32. The van der Waals surface area contributed by atoms with Crippen LogP contribution in [0, 0.1) is 11.8 Å². The Bertz CT molecular complexity index is 725. The number of fused-ring (bicyclic) bond motifs is 3. The molecule has 24 heavy (non-hydrogen) atoms. The largest absolute Gasteiger partial charge is 0.406 e. The Morgan fingerprint density at radius 2 is 1.92 bits per heavy atom. The maximum Gasteiger partial charge on any atom is 0.406 e. The van der Waals surface area contributed by atoms with E-state index in [1.807, 2.05) is 12.1 Å². The third-order valence-corrected chi connectivity index (χ3v) is 5.32. The Balaban J connectivity index is 1.54. The first kappa shape index (κ1) is 15.7. The average molecular weight is 338 g/mol. The lowest BCUT2D eigenvalue weighted by atomic mass is 9.92. The molecule has 1 saturated carbocycles. The van der Waals surface area contributed by atoms with Crippen LogP contribution in [0.4, 0.5) is 18.9 Å². The van der Waals surface area contributed by atoms with Crippen molar-refractivity contribution in [2.45, 2.75) is 31.6 Å². The molecule has 2 aliphatic rings. The fourth-order valence-electron chi connectivity index (χ4n) is 4.36. The average Bonchev–Trinajstić information content (AvgIpc) is 2.97. The van der Waals surface area contributed by atoms with Crippen molar-refractivity contribution in [3.8, 4) is 0 Å². The van der Waals surface area contributed by atoms with Crippen LogP contribution >= 0.6 is 0 Å². The van der Waals surface area contributed by atoms with Gasteiger partial charge in [-0.2, -0.15) is 13.2 Å². The molecule has 2 atom stereocenters. The van der Waals surface area contributed by atoms with Crippen molar-refractivity contribution in [3.63, 3.8) is 0 Å². The van der Waals surface area contributed by atoms with Crippen LogP contribution in [0.15, 0.2) is 24.5 Å². The number of aromatic nitrogens is 2. The van der Waals surface area contributed by atoms with Gasteiger partial charge in [-0.05, 0) is 49.9 Å². The lowest BCUT2D eigenvalue weighted by Crippen LogP contribution is -2.46. The van der Waals surface area contributed by atoms with Crippen molar-refractivity contribution >= 4 is 16.7 Å². The van der Waals surface area contributed by atoms with Crippen molar-refractivity contribution in [3.05, 3.63) is 24.5 Å². The molecule has 1 N–H and O–H groups in total. The Kier molecular flexibility index (Phi) is 3.71. The first-order valence-corrected chi connectivity index (χ1v) is 8.36. The Hall–Kier alpha value is -1.76. The summed E-state index contributed by atoms with van der Waals surface area (Å²) in [7, 11) is 2.17. The minimum absolute atomic E-state index is 0.455. The van der Waals surface area contributed by atoms with Gasteiger partial charge in [0.25, 0.3) is 0 Å². The monoisotopic (exact) mass is 338 g/mol. The minimum Gasteiger partial charge on any atom is -0.382 e. The molecule has 7 heteroatoms. The molecular weight excluding hydrogens is 317 g/mol. The zero-order valence-corrected chi connectivity index (χ0v) is 13.6. The second-order valence-electron chi connectivity index (χ2n) is 7.18. The van der Waals surface area contributed by atoms with Crippen molar-refractivity contribution in [2.75, 3.05) is 25.5 Å². The Morgan fingerprint density at radius 1 is 1.21 bits per heavy atom. The number of imidazole rings is 1.